The van der Waals surface area contributed by atoms with E-state index in [-0.39, 0.29) is 24.3 Å². The molecule has 2 rings (SSSR count). The zero-order valence-electron chi connectivity index (χ0n) is 11.5. The zero-order valence-corrected chi connectivity index (χ0v) is 13.9. The van der Waals surface area contributed by atoms with Gasteiger partial charge in [-0.2, -0.15) is 0 Å². The summed E-state index contributed by atoms with van der Waals surface area (Å²) in [6.07, 6.45) is 0.240. The fourth-order valence-corrected chi connectivity index (χ4v) is 4.39. The summed E-state index contributed by atoms with van der Waals surface area (Å²) in [7, 11) is 3.48. The molecule has 0 aliphatic carbocycles. The number of thiophene rings is 1. The summed E-state index contributed by atoms with van der Waals surface area (Å²) in [5.74, 6) is 0. The van der Waals surface area contributed by atoms with Gasteiger partial charge in [0.25, 0.3) is 0 Å². The molecule has 19 heavy (non-hydrogen) atoms. The van der Waals surface area contributed by atoms with Crippen LogP contribution in [0.1, 0.15) is 17.8 Å². The molecule has 0 aromatic carbocycles. The van der Waals surface area contributed by atoms with Crippen LogP contribution in [-0.4, -0.2) is 50.5 Å². The van der Waals surface area contributed by atoms with Gasteiger partial charge in [-0.05, 0) is 35.0 Å². The Balaban J connectivity index is 2.17. The molecule has 0 radical (unpaired) electrons. The van der Waals surface area contributed by atoms with Gasteiger partial charge in [0.2, 0.25) is 0 Å². The lowest BCUT2D eigenvalue weighted by Crippen LogP contribution is -2.38. The topological polar surface area (TPSA) is 47.7 Å². The summed E-state index contributed by atoms with van der Waals surface area (Å²) in [6.45, 7) is 3.77. The van der Waals surface area contributed by atoms with Crippen LogP contribution < -0.4 is 5.73 Å². The van der Waals surface area contributed by atoms with Crippen LogP contribution in [0.25, 0.3) is 0 Å². The van der Waals surface area contributed by atoms with E-state index in [0.717, 1.165) is 16.9 Å². The fourth-order valence-electron chi connectivity index (χ4n) is 2.71. The lowest BCUT2D eigenvalue weighted by atomic mass is 10.1. The minimum Gasteiger partial charge on any atom is -0.377 e. The van der Waals surface area contributed by atoms with Gasteiger partial charge in [-0.3, -0.25) is 4.90 Å². The molecule has 108 valence electrons. The third kappa shape index (κ3) is 3.37. The van der Waals surface area contributed by atoms with Gasteiger partial charge < -0.3 is 15.2 Å². The number of nitrogens with two attached hydrogens (primary N) is 1. The van der Waals surface area contributed by atoms with E-state index in [2.05, 4.69) is 39.9 Å². The molecule has 1 aromatic heterocycles. The van der Waals surface area contributed by atoms with Gasteiger partial charge in [-0.15, -0.1) is 11.3 Å². The van der Waals surface area contributed by atoms with Gasteiger partial charge in [-0.25, -0.2) is 0 Å². The van der Waals surface area contributed by atoms with E-state index >= 15 is 0 Å². The van der Waals surface area contributed by atoms with Crippen molar-refractivity contribution in [2.75, 3.05) is 27.3 Å². The van der Waals surface area contributed by atoms with Crippen LogP contribution in [0.3, 0.4) is 0 Å². The summed E-state index contributed by atoms with van der Waals surface area (Å²) in [6, 6.07) is 4.50. The minimum atomic E-state index is 0.0682. The molecule has 2 heterocycles. The molecule has 1 aliphatic heterocycles. The Labute approximate surface area is 127 Å². The van der Waals surface area contributed by atoms with Crippen LogP contribution in [0, 0.1) is 0 Å². The van der Waals surface area contributed by atoms with Crippen molar-refractivity contribution in [1.29, 1.82) is 0 Å². The maximum absolute atomic E-state index is 6.20. The first-order valence-electron chi connectivity index (χ1n) is 6.37. The van der Waals surface area contributed by atoms with Crippen molar-refractivity contribution in [2.45, 2.75) is 31.2 Å². The molecule has 0 spiro atoms. The van der Waals surface area contributed by atoms with Gasteiger partial charge in [0.15, 0.2) is 0 Å². The maximum atomic E-state index is 6.20. The third-order valence-corrected chi connectivity index (χ3v) is 5.32. The normalized spacial score (nSPS) is 27.6. The number of hydrogen-bond donors (Lipinski definition) is 1. The summed E-state index contributed by atoms with van der Waals surface area (Å²) in [5.41, 5.74) is 6.20. The second kappa shape index (κ2) is 6.65. The van der Waals surface area contributed by atoms with Gasteiger partial charge in [0, 0.05) is 38.2 Å². The molecule has 4 atom stereocenters. The van der Waals surface area contributed by atoms with Crippen LogP contribution in [0.2, 0.25) is 0 Å². The predicted molar refractivity (Wildman–Crippen MR) is 81.6 cm³/mol. The first kappa shape index (κ1) is 15.4. The Morgan fingerprint density at radius 3 is 2.26 bits per heavy atom. The first-order valence-corrected chi connectivity index (χ1v) is 7.98. The van der Waals surface area contributed by atoms with Gasteiger partial charge in [0.1, 0.15) is 0 Å². The molecule has 4 nitrogen and oxygen atoms in total. The van der Waals surface area contributed by atoms with Crippen molar-refractivity contribution in [3.8, 4) is 0 Å². The van der Waals surface area contributed by atoms with Gasteiger partial charge in [-0.1, -0.05) is 0 Å². The lowest BCUT2D eigenvalue weighted by molar-refractivity contribution is -0.00461. The van der Waals surface area contributed by atoms with E-state index in [1.165, 1.54) is 4.88 Å². The Morgan fingerprint density at radius 1 is 1.32 bits per heavy atom. The second-order valence-corrected chi connectivity index (χ2v) is 7.44. The van der Waals surface area contributed by atoms with E-state index in [9.17, 15) is 0 Å². The monoisotopic (exact) mass is 348 g/mol. The number of nitrogens with zero attached hydrogens (tertiary/aromatic N) is 1. The standard InChI is InChI=1S/C13H21BrN2O2S/c1-8(15)13(11-4-5-12(14)19-11)16-6-9(17-2)10(7-16)18-3/h4-5,8-10,13H,6-7,15H2,1-3H3. The minimum absolute atomic E-state index is 0.0682. The molecule has 1 aliphatic rings. The summed E-state index contributed by atoms with van der Waals surface area (Å²) >= 11 is 5.26. The van der Waals surface area contributed by atoms with Crippen molar-refractivity contribution in [2.24, 2.45) is 5.73 Å². The predicted octanol–water partition coefficient (Wildman–Crippen LogP) is 2.24. The summed E-state index contributed by atoms with van der Waals surface area (Å²) < 4.78 is 12.1. The van der Waals surface area contributed by atoms with E-state index in [4.69, 9.17) is 15.2 Å². The second-order valence-electron chi connectivity index (χ2n) is 4.95. The quantitative estimate of drug-likeness (QED) is 0.886. The van der Waals surface area contributed by atoms with Gasteiger partial charge >= 0.3 is 0 Å². The molecule has 1 saturated heterocycles. The number of hydrogen-bond acceptors (Lipinski definition) is 5. The van der Waals surface area contributed by atoms with Crippen molar-refractivity contribution in [1.82, 2.24) is 4.90 Å². The molecule has 6 heteroatoms. The smallest absolute Gasteiger partial charge is 0.0972 e. The van der Waals surface area contributed by atoms with Crippen molar-refractivity contribution in [3.05, 3.63) is 20.8 Å². The highest BCUT2D eigenvalue weighted by Crippen LogP contribution is 2.35. The third-order valence-electron chi connectivity index (χ3n) is 3.63. The van der Waals surface area contributed by atoms with Crippen LogP contribution in [-0.2, 0) is 9.47 Å². The first-order chi connectivity index (χ1) is 9.06. The largest absolute Gasteiger partial charge is 0.377 e. The Bertz CT molecular complexity index is 401. The van der Waals surface area contributed by atoms with Crippen molar-refractivity contribution >= 4 is 27.3 Å². The van der Waals surface area contributed by atoms with Crippen LogP contribution in [0.5, 0.6) is 0 Å². The molecular formula is C13H21BrN2O2S. The van der Waals surface area contributed by atoms with Crippen molar-refractivity contribution < 1.29 is 9.47 Å². The molecule has 1 aromatic rings. The molecule has 0 bridgehead atoms. The zero-order chi connectivity index (χ0) is 14.0. The molecule has 4 unspecified atom stereocenters. The average Bonchev–Trinajstić information content (AvgIpc) is 2.96. The molecule has 0 saturated carbocycles. The summed E-state index contributed by atoms with van der Waals surface area (Å²) in [4.78, 5) is 3.65. The number of methoxy groups -OCH3 is 2. The maximum Gasteiger partial charge on any atom is 0.0972 e. The highest BCUT2D eigenvalue weighted by molar-refractivity contribution is 9.11. The highest BCUT2D eigenvalue weighted by atomic mass is 79.9. The number of rotatable bonds is 5. The van der Waals surface area contributed by atoms with E-state index in [0.29, 0.717) is 0 Å². The lowest BCUT2D eigenvalue weighted by Gasteiger charge is -2.29. The Kier molecular flexibility index (Phi) is 5.39. The molecule has 2 N–H and O–H groups in total. The molecule has 0 amide bonds. The summed E-state index contributed by atoms with van der Waals surface area (Å²) in [5, 5.41) is 0. The van der Waals surface area contributed by atoms with Crippen molar-refractivity contribution in [3.63, 3.8) is 0 Å². The van der Waals surface area contributed by atoms with Gasteiger partial charge in [0.05, 0.1) is 22.0 Å². The number of halogens is 1. The van der Waals surface area contributed by atoms with Crippen LogP contribution in [0.4, 0.5) is 0 Å². The number of ether oxygens (including phenoxy) is 2. The van der Waals surface area contributed by atoms with E-state index in [1.807, 2.05) is 0 Å². The Hall–Kier alpha value is 0.0200. The van der Waals surface area contributed by atoms with Crippen LogP contribution in [0.15, 0.2) is 15.9 Å². The van der Waals surface area contributed by atoms with E-state index < -0.39 is 0 Å². The average molecular weight is 349 g/mol. The SMILES string of the molecule is COC1CN(C(c2ccc(Br)s2)C(C)N)CC1OC. The molecular weight excluding hydrogens is 328 g/mol. The highest BCUT2D eigenvalue weighted by Gasteiger charge is 2.38. The Morgan fingerprint density at radius 2 is 1.89 bits per heavy atom. The number of likely N-dealkylation sites (tertiary alicyclic amines) is 1. The van der Waals surface area contributed by atoms with Crippen LogP contribution >= 0.6 is 27.3 Å². The fraction of sp³-hybridized carbons (Fsp3) is 0.692. The molecule has 1 fully saturated rings. The van der Waals surface area contributed by atoms with E-state index in [1.54, 1.807) is 25.6 Å².